The molecule has 5 heteroatoms. The van der Waals surface area contributed by atoms with Gasteiger partial charge >= 0.3 is 0 Å². The van der Waals surface area contributed by atoms with Gasteiger partial charge in [0.05, 0.1) is 5.75 Å². The Balaban J connectivity index is 1.96. The summed E-state index contributed by atoms with van der Waals surface area (Å²) in [7, 11) is 0. The molecule has 0 fully saturated rings. The predicted molar refractivity (Wildman–Crippen MR) is 82.3 cm³/mol. The lowest BCUT2D eigenvalue weighted by Crippen LogP contribution is -2.06. The third-order valence-corrected chi connectivity index (χ3v) is 4.39. The molecule has 0 unspecified atom stereocenters. The molecule has 0 bridgehead atoms. The number of hydrogen-bond acceptors (Lipinski definition) is 2. The van der Waals surface area contributed by atoms with Crippen LogP contribution in [0.5, 0.6) is 0 Å². The number of carbonyl (C=O) groups is 1. The summed E-state index contributed by atoms with van der Waals surface area (Å²) in [5.74, 6) is -0.0591. The number of Topliss-reactive ketones (excluding diaryl/α,β-unsaturated/α-hetero) is 1. The molecule has 2 aromatic rings. The molecule has 1 nitrogen and oxygen atoms in total. The van der Waals surface area contributed by atoms with Crippen LogP contribution in [0.1, 0.15) is 5.56 Å². The molecular formula is C15H11Cl2FOS. The Morgan fingerprint density at radius 1 is 1.10 bits per heavy atom. The van der Waals surface area contributed by atoms with Crippen molar-refractivity contribution in [3.63, 3.8) is 0 Å². The zero-order valence-electron chi connectivity index (χ0n) is 10.4. The van der Waals surface area contributed by atoms with E-state index in [-0.39, 0.29) is 23.8 Å². The fourth-order valence-electron chi connectivity index (χ4n) is 1.67. The van der Waals surface area contributed by atoms with Crippen molar-refractivity contribution in [3.8, 4) is 0 Å². The minimum atomic E-state index is -0.309. The van der Waals surface area contributed by atoms with E-state index in [1.165, 1.54) is 23.9 Å². The van der Waals surface area contributed by atoms with E-state index in [1.807, 2.05) is 0 Å². The summed E-state index contributed by atoms with van der Waals surface area (Å²) in [6.45, 7) is 0. The second-order valence-corrected chi connectivity index (χ2v) is 6.02. The lowest BCUT2D eigenvalue weighted by Gasteiger charge is -2.06. The van der Waals surface area contributed by atoms with Crippen LogP contribution >= 0.6 is 35.0 Å². The molecule has 2 rings (SSSR count). The molecule has 0 spiro atoms. The monoisotopic (exact) mass is 328 g/mol. The third kappa shape index (κ3) is 4.23. The molecule has 0 saturated carbocycles. The van der Waals surface area contributed by atoms with Crippen LogP contribution in [0.15, 0.2) is 47.4 Å². The highest BCUT2D eigenvalue weighted by Crippen LogP contribution is 2.26. The first-order valence-electron chi connectivity index (χ1n) is 5.89. The van der Waals surface area contributed by atoms with Crippen molar-refractivity contribution in [1.29, 1.82) is 0 Å². The van der Waals surface area contributed by atoms with Crippen LogP contribution in [0.3, 0.4) is 0 Å². The van der Waals surface area contributed by atoms with Crippen molar-refractivity contribution in [1.82, 2.24) is 0 Å². The van der Waals surface area contributed by atoms with Crippen molar-refractivity contribution < 1.29 is 9.18 Å². The summed E-state index contributed by atoms with van der Waals surface area (Å²) in [6.07, 6.45) is 0.181. The van der Waals surface area contributed by atoms with E-state index in [2.05, 4.69) is 0 Å². The highest BCUT2D eigenvalue weighted by atomic mass is 35.5. The smallest absolute Gasteiger partial charge is 0.147 e. The second-order valence-electron chi connectivity index (χ2n) is 4.16. The van der Waals surface area contributed by atoms with Gasteiger partial charge in [0.15, 0.2) is 0 Å². The fourth-order valence-corrected chi connectivity index (χ4v) is 3.00. The summed E-state index contributed by atoms with van der Waals surface area (Å²) in [5, 5.41) is 0.975. The molecule has 0 aromatic heterocycles. The average molecular weight is 329 g/mol. The van der Waals surface area contributed by atoms with Crippen LogP contribution in [0.25, 0.3) is 0 Å². The molecule has 20 heavy (non-hydrogen) atoms. The average Bonchev–Trinajstić information content (AvgIpc) is 2.41. The van der Waals surface area contributed by atoms with E-state index < -0.39 is 0 Å². The maximum Gasteiger partial charge on any atom is 0.147 e. The van der Waals surface area contributed by atoms with Gasteiger partial charge in [0, 0.05) is 21.4 Å². The molecule has 0 amide bonds. The first-order chi connectivity index (χ1) is 9.56. The first kappa shape index (κ1) is 15.4. The van der Waals surface area contributed by atoms with Gasteiger partial charge in [-0.05, 0) is 35.9 Å². The van der Waals surface area contributed by atoms with Crippen LogP contribution in [0.2, 0.25) is 10.0 Å². The van der Waals surface area contributed by atoms with Crippen LogP contribution in [0.4, 0.5) is 4.39 Å². The topological polar surface area (TPSA) is 17.1 Å². The number of ketones is 1. The van der Waals surface area contributed by atoms with Crippen molar-refractivity contribution in [2.75, 3.05) is 5.75 Å². The van der Waals surface area contributed by atoms with Gasteiger partial charge in [0.2, 0.25) is 0 Å². The maximum absolute atomic E-state index is 13.0. The molecule has 0 heterocycles. The Morgan fingerprint density at radius 2 is 1.75 bits per heavy atom. The summed E-state index contributed by atoms with van der Waals surface area (Å²) in [6, 6.07) is 11.3. The van der Waals surface area contributed by atoms with Gasteiger partial charge in [-0.25, -0.2) is 4.39 Å². The number of thioether (sulfide) groups is 1. The van der Waals surface area contributed by atoms with Gasteiger partial charge < -0.3 is 0 Å². The van der Waals surface area contributed by atoms with E-state index in [1.54, 1.807) is 30.3 Å². The van der Waals surface area contributed by atoms with Crippen molar-refractivity contribution in [3.05, 3.63) is 63.9 Å². The lowest BCUT2D eigenvalue weighted by atomic mass is 10.1. The van der Waals surface area contributed by atoms with Crippen LogP contribution in [-0.2, 0) is 11.2 Å². The minimum Gasteiger partial charge on any atom is -0.298 e. The molecule has 0 radical (unpaired) electrons. The molecule has 0 aliphatic carbocycles. The van der Waals surface area contributed by atoms with Crippen molar-refractivity contribution >= 4 is 40.7 Å². The van der Waals surface area contributed by atoms with E-state index in [0.717, 1.165) is 4.90 Å². The van der Waals surface area contributed by atoms with Crippen LogP contribution in [-0.4, -0.2) is 11.5 Å². The van der Waals surface area contributed by atoms with E-state index in [0.29, 0.717) is 15.6 Å². The minimum absolute atomic E-state index is 0.00531. The van der Waals surface area contributed by atoms with Gasteiger partial charge in [0.25, 0.3) is 0 Å². The van der Waals surface area contributed by atoms with Gasteiger partial charge in [0.1, 0.15) is 11.6 Å². The van der Waals surface area contributed by atoms with Gasteiger partial charge in [-0.3, -0.25) is 4.79 Å². The Labute approximate surface area is 131 Å². The Hall–Kier alpha value is -1.03. The number of carbonyl (C=O) groups excluding carboxylic acids is 1. The summed E-state index contributed by atoms with van der Waals surface area (Å²) < 4.78 is 13.0. The molecule has 0 atom stereocenters. The number of halogens is 3. The third-order valence-electron chi connectivity index (χ3n) is 2.63. The maximum atomic E-state index is 13.0. The van der Waals surface area contributed by atoms with Crippen molar-refractivity contribution in [2.45, 2.75) is 11.3 Å². The Kier molecular flexibility index (Phi) is 5.46. The standard InChI is InChI=1S/C15H11Cl2FOS/c16-14-5-2-6-15(17)13(14)8-11(19)9-20-12-4-1-3-10(18)7-12/h1-7H,8-9H2. The summed E-state index contributed by atoms with van der Waals surface area (Å²) in [4.78, 5) is 12.7. The van der Waals surface area contributed by atoms with E-state index >= 15 is 0 Å². The lowest BCUT2D eigenvalue weighted by molar-refractivity contribution is -0.116. The van der Waals surface area contributed by atoms with Gasteiger partial charge in [-0.15, -0.1) is 11.8 Å². The first-order valence-corrected chi connectivity index (χ1v) is 7.63. The molecule has 2 aromatic carbocycles. The molecule has 104 valence electrons. The number of benzene rings is 2. The van der Waals surface area contributed by atoms with Gasteiger partial charge in [-0.1, -0.05) is 35.3 Å². The quantitative estimate of drug-likeness (QED) is 0.715. The highest BCUT2D eigenvalue weighted by Gasteiger charge is 2.11. The zero-order chi connectivity index (χ0) is 14.5. The van der Waals surface area contributed by atoms with Crippen LogP contribution < -0.4 is 0 Å². The molecule has 0 N–H and O–H groups in total. The predicted octanol–water partition coefficient (Wildman–Crippen LogP) is 5.04. The molecular weight excluding hydrogens is 318 g/mol. The van der Waals surface area contributed by atoms with E-state index in [4.69, 9.17) is 23.2 Å². The van der Waals surface area contributed by atoms with Gasteiger partial charge in [-0.2, -0.15) is 0 Å². The highest BCUT2D eigenvalue weighted by molar-refractivity contribution is 8.00. The Morgan fingerprint density at radius 3 is 2.40 bits per heavy atom. The zero-order valence-corrected chi connectivity index (χ0v) is 12.7. The summed E-state index contributed by atoms with van der Waals surface area (Å²) in [5.41, 5.74) is 0.640. The number of rotatable bonds is 5. The molecule has 0 aliphatic rings. The number of hydrogen-bond donors (Lipinski definition) is 0. The van der Waals surface area contributed by atoms with Crippen LogP contribution in [0, 0.1) is 5.82 Å². The normalized spacial score (nSPS) is 10.6. The van der Waals surface area contributed by atoms with Crippen molar-refractivity contribution in [2.24, 2.45) is 0 Å². The fraction of sp³-hybridized carbons (Fsp3) is 0.133. The molecule has 0 saturated heterocycles. The Bertz CT molecular complexity index is 611. The largest absolute Gasteiger partial charge is 0.298 e. The second kappa shape index (κ2) is 7.11. The van der Waals surface area contributed by atoms with E-state index in [9.17, 15) is 9.18 Å². The SMILES string of the molecule is O=C(CSc1cccc(F)c1)Cc1c(Cl)cccc1Cl. The summed E-state index contributed by atoms with van der Waals surface area (Å²) >= 11 is 13.3. The molecule has 0 aliphatic heterocycles.